The smallest absolute Gasteiger partial charge is 0.240 e. The highest BCUT2D eigenvalue weighted by Crippen LogP contribution is 2.11. The number of sulfonamides is 1. The summed E-state index contributed by atoms with van der Waals surface area (Å²) in [4.78, 5) is 0.272. The second kappa shape index (κ2) is 7.73. The van der Waals surface area contributed by atoms with Crippen LogP contribution in [0.5, 0.6) is 0 Å². The van der Waals surface area contributed by atoms with Crippen molar-refractivity contribution < 1.29 is 13.2 Å². The van der Waals surface area contributed by atoms with Crippen LogP contribution < -0.4 is 10.0 Å². The molecule has 0 aliphatic heterocycles. The summed E-state index contributed by atoms with van der Waals surface area (Å²) in [6, 6.07) is 7.04. The van der Waals surface area contributed by atoms with Gasteiger partial charge in [0, 0.05) is 25.7 Å². The third kappa shape index (κ3) is 5.58. The summed E-state index contributed by atoms with van der Waals surface area (Å²) in [7, 11) is -1.94. The first-order valence-electron chi connectivity index (χ1n) is 6.68. The van der Waals surface area contributed by atoms with Gasteiger partial charge >= 0.3 is 0 Å². The van der Waals surface area contributed by atoms with E-state index in [1.165, 1.54) is 0 Å². The summed E-state index contributed by atoms with van der Waals surface area (Å²) >= 11 is 0. The third-order valence-electron chi connectivity index (χ3n) is 2.72. The molecule has 0 saturated carbocycles. The first-order chi connectivity index (χ1) is 9.35. The average molecular weight is 300 g/mol. The maximum absolute atomic E-state index is 12.1. The van der Waals surface area contributed by atoms with Crippen molar-refractivity contribution in [3.05, 3.63) is 29.8 Å². The van der Waals surface area contributed by atoms with Crippen LogP contribution in [0.3, 0.4) is 0 Å². The maximum Gasteiger partial charge on any atom is 0.240 e. The lowest BCUT2D eigenvalue weighted by atomic mass is 10.2. The SMILES string of the molecule is COCC(C)NS(=O)(=O)c1ccc(CNC(C)C)cc1. The van der Waals surface area contributed by atoms with E-state index in [2.05, 4.69) is 23.9 Å². The quantitative estimate of drug-likeness (QED) is 0.763. The standard InChI is InChI=1S/C14H24N2O3S/c1-11(2)15-9-13-5-7-14(8-6-13)20(17,18)16-12(3)10-19-4/h5-8,11-12,15-16H,9-10H2,1-4H3. The lowest BCUT2D eigenvalue weighted by molar-refractivity contribution is 0.180. The Morgan fingerprint density at radius 2 is 1.75 bits per heavy atom. The van der Waals surface area contributed by atoms with Crippen molar-refractivity contribution in [2.45, 2.75) is 44.3 Å². The minimum Gasteiger partial charge on any atom is -0.383 e. The molecule has 1 unspecified atom stereocenters. The Morgan fingerprint density at radius 1 is 1.15 bits per heavy atom. The van der Waals surface area contributed by atoms with Crippen LogP contribution in [0.2, 0.25) is 0 Å². The van der Waals surface area contributed by atoms with Gasteiger partial charge in [-0.15, -0.1) is 0 Å². The van der Waals surface area contributed by atoms with Crippen molar-refractivity contribution in [2.75, 3.05) is 13.7 Å². The summed E-state index contributed by atoms with van der Waals surface area (Å²) in [6.07, 6.45) is 0. The zero-order valence-electron chi connectivity index (χ0n) is 12.5. The second-order valence-electron chi connectivity index (χ2n) is 5.16. The molecule has 20 heavy (non-hydrogen) atoms. The molecule has 0 aliphatic carbocycles. The van der Waals surface area contributed by atoms with Crippen LogP contribution in [0.15, 0.2) is 29.2 Å². The molecule has 6 heteroatoms. The van der Waals surface area contributed by atoms with Gasteiger partial charge in [-0.3, -0.25) is 0 Å². The van der Waals surface area contributed by atoms with E-state index in [1.807, 2.05) is 12.1 Å². The minimum absolute atomic E-state index is 0.257. The van der Waals surface area contributed by atoms with Crippen molar-refractivity contribution >= 4 is 10.0 Å². The molecule has 1 aromatic carbocycles. The van der Waals surface area contributed by atoms with Crippen molar-refractivity contribution in [1.82, 2.24) is 10.0 Å². The van der Waals surface area contributed by atoms with Crippen molar-refractivity contribution in [2.24, 2.45) is 0 Å². The van der Waals surface area contributed by atoms with Gasteiger partial charge in [-0.05, 0) is 24.6 Å². The molecular weight excluding hydrogens is 276 g/mol. The monoisotopic (exact) mass is 300 g/mol. The molecule has 0 saturated heterocycles. The number of ether oxygens (including phenoxy) is 1. The summed E-state index contributed by atoms with van der Waals surface area (Å²) in [5.41, 5.74) is 1.06. The number of methoxy groups -OCH3 is 1. The second-order valence-corrected chi connectivity index (χ2v) is 6.87. The molecule has 0 bridgehead atoms. The van der Waals surface area contributed by atoms with Crippen LogP contribution in [0.25, 0.3) is 0 Å². The fourth-order valence-corrected chi connectivity index (χ4v) is 2.95. The minimum atomic E-state index is -3.48. The fourth-order valence-electron chi connectivity index (χ4n) is 1.73. The molecular formula is C14H24N2O3S. The first kappa shape index (κ1) is 17.1. The Hall–Kier alpha value is -0.950. The van der Waals surface area contributed by atoms with Crippen LogP contribution >= 0.6 is 0 Å². The number of hydrogen-bond acceptors (Lipinski definition) is 4. The Labute approximate surface area is 121 Å². The number of rotatable bonds is 8. The van der Waals surface area contributed by atoms with Crippen LogP contribution in [-0.2, 0) is 21.3 Å². The zero-order chi connectivity index (χ0) is 15.2. The number of hydrogen-bond donors (Lipinski definition) is 2. The summed E-state index contributed by atoms with van der Waals surface area (Å²) in [6.45, 7) is 6.98. The molecule has 2 N–H and O–H groups in total. The molecule has 1 aromatic rings. The average Bonchev–Trinajstić information content (AvgIpc) is 2.36. The van der Waals surface area contributed by atoms with E-state index in [4.69, 9.17) is 4.74 Å². The first-order valence-corrected chi connectivity index (χ1v) is 8.17. The van der Waals surface area contributed by atoms with Gasteiger partial charge in [-0.2, -0.15) is 0 Å². The number of benzene rings is 1. The van der Waals surface area contributed by atoms with Gasteiger partial charge in [-0.25, -0.2) is 13.1 Å². The third-order valence-corrected chi connectivity index (χ3v) is 4.33. The van der Waals surface area contributed by atoms with Gasteiger partial charge in [0.2, 0.25) is 10.0 Å². The van der Waals surface area contributed by atoms with Crippen LogP contribution in [0.1, 0.15) is 26.3 Å². The van der Waals surface area contributed by atoms with E-state index in [0.717, 1.165) is 12.1 Å². The molecule has 0 radical (unpaired) electrons. The van der Waals surface area contributed by atoms with Crippen LogP contribution in [-0.4, -0.2) is 34.2 Å². The predicted molar refractivity (Wildman–Crippen MR) is 80.1 cm³/mol. The molecule has 0 aliphatic rings. The zero-order valence-corrected chi connectivity index (χ0v) is 13.3. The molecule has 5 nitrogen and oxygen atoms in total. The van der Waals surface area contributed by atoms with Crippen molar-refractivity contribution in [3.63, 3.8) is 0 Å². The van der Waals surface area contributed by atoms with Gasteiger partial charge in [0.25, 0.3) is 0 Å². The molecule has 0 aromatic heterocycles. The lowest BCUT2D eigenvalue weighted by Gasteiger charge is -2.13. The van der Waals surface area contributed by atoms with Crippen molar-refractivity contribution in [3.8, 4) is 0 Å². The lowest BCUT2D eigenvalue weighted by Crippen LogP contribution is -2.35. The molecule has 1 atom stereocenters. The van der Waals surface area contributed by atoms with Gasteiger partial charge in [0.1, 0.15) is 0 Å². The van der Waals surface area contributed by atoms with E-state index in [-0.39, 0.29) is 10.9 Å². The predicted octanol–water partition coefficient (Wildman–Crippen LogP) is 1.50. The molecule has 0 fully saturated rings. The number of nitrogens with one attached hydrogen (secondary N) is 2. The molecule has 114 valence electrons. The highest BCUT2D eigenvalue weighted by Gasteiger charge is 2.16. The van der Waals surface area contributed by atoms with E-state index < -0.39 is 10.0 Å². The Bertz CT molecular complexity index is 498. The largest absolute Gasteiger partial charge is 0.383 e. The van der Waals surface area contributed by atoms with Crippen LogP contribution in [0.4, 0.5) is 0 Å². The summed E-state index contributed by atoms with van der Waals surface area (Å²) in [5, 5.41) is 3.29. The maximum atomic E-state index is 12.1. The normalized spacial score (nSPS) is 13.7. The van der Waals surface area contributed by atoms with E-state index in [1.54, 1.807) is 26.2 Å². The fraction of sp³-hybridized carbons (Fsp3) is 0.571. The Morgan fingerprint density at radius 3 is 2.25 bits per heavy atom. The topological polar surface area (TPSA) is 67.4 Å². The van der Waals surface area contributed by atoms with Crippen LogP contribution in [0, 0.1) is 0 Å². The van der Waals surface area contributed by atoms with E-state index >= 15 is 0 Å². The van der Waals surface area contributed by atoms with Gasteiger partial charge in [0.15, 0.2) is 0 Å². The van der Waals surface area contributed by atoms with Gasteiger partial charge in [-0.1, -0.05) is 26.0 Å². The molecule has 0 amide bonds. The summed E-state index contributed by atoms with van der Waals surface area (Å²) in [5.74, 6) is 0. The Kier molecular flexibility index (Phi) is 6.61. The Balaban J connectivity index is 2.71. The molecule has 0 spiro atoms. The molecule has 1 rings (SSSR count). The molecule has 0 heterocycles. The highest BCUT2D eigenvalue weighted by molar-refractivity contribution is 7.89. The highest BCUT2D eigenvalue weighted by atomic mass is 32.2. The van der Waals surface area contributed by atoms with Gasteiger partial charge < -0.3 is 10.1 Å². The summed E-state index contributed by atoms with van der Waals surface area (Å²) < 4.78 is 31.7. The van der Waals surface area contributed by atoms with Gasteiger partial charge in [0.05, 0.1) is 11.5 Å². The van der Waals surface area contributed by atoms with E-state index in [9.17, 15) is 8.42 Å². The van der Waals surface area contributed by atoms with Crippen molar-refractivity contribution in [1.29, 1.82) is 0 Å². The van der Waals surface area contributed by atoms with E-state index in [0.29, 0.717) is 12.6 Å².